The summed E-state index contributed by atoms with van der Waals surface area (Å²) in [5, 5.41) is 0. The lowest BCUT2D eigenvalue weighted by atomic mass is 10.0. The molecule has 0 N–H and O–H groups in total. The molecule has 2 nitrogen and oxygen atoms in total. The maximum Gasteiger partial charge on any atom is 0.276 e. The number of aromatic nitrogens is 1. The molecule has 0 spiro atoms. The van der Waals surface area contributed by atoms with E-state index in [0.29, 0.717) is 29.8 Å². The van der Waals surface area contributed by atoms with E-state index < -0.39 is 11.8 Å². The molecule has 1 aromatic carbocycles. The molecule has 1 fully saturated rings. The van der Waals surface area contributed by atoms with Crippen LogP contribution >= 0.6 is 0 Å². The van der Waals surface area contributed by atoms with Crippen molar-refractivity contribution in [3.05, 3.63) is 29.7 Å². The van der Waals surface area contributed by atoms with Gasteiger partial charge in [0.15, 0.2) is 11.5 Å². The van der Waals surface area contributed by atoms with E-state index in [2.05, 4.69) is 4.98 Å². The maximum atomic E-state index is 13.8. The van der Waals surface area contributed by atoms with E-state index in [1.54, 1.807) is 13.0 Å². The molecule has 0 bridgehead atoms. The first-order chi connectivity index (χ1) is 7.57. The lowest BCUT2D eigenvalue weighted by Gasteiger charge is -2.15. The van der Waals surface area contributed by atoms with Gasteiger partial charge < -0.3 is 4.42 Å². The zero-order valence-corrected chi connectivity index (χ0v) is 8.84. The van der Waals surface area contributed by atoms with E-state index >= 15 is 0 Å². The Labute approximate surface area is 91.3 Å². The molecule has 1 heterocycles. The third-order valence-electron chi connectivity index (χ3n) is 2.97. The molecule has 1 saturated carbocycles. The molecule has 3 rings (SSSR count). The monoisotopic (exact) mass is 223 g/mol. The highest BCUT2D eigenvalue weighted by Crippen LogP contribution is 2.49. The number of oxazole rings is 1. The summed E-state index contributed by atoms with van der Waals surface area (Å²) in [6, 6.07) is 4.44. The van der Waals surface area contributed by atoms with Gasteiger partial charge in [0.1, 0.15) is 5.52 Å². The average molecular weight is 223 g/mol. The first kappa shape index (κ1) is 9.75. The molecule has 2 aromatic rings. The van der Waals surface area contributed by atoms with Gasteiger partial charge in [-0.1, -0.05) is 0 Å². The Kier molecular flexibility index (Phi) is 1.85. The highest BCUT2D eigenvalue weighted by Gasteiger charge is 2.48. The SMILES string of the molecule is Cc1nc2cc(C(F)(F)C3CC3)ccc2o1. The van der Waals surface area contributed by atoms with Crippen molar-refractivity contribution in [1.29, 1.82) is 0 Å². The van der Waals surface area contributed by atoms with Crippen LogP contribution in [0.3, 0.4) is 0 Å². The van der Waals surface area contributed by atoms with Crippen LogP contribution in [0.5, 0.6) is 0 Å². The fourth-order valence-electron chi connectivity index (χ4n) is 1.93. The minimum Gasteiger partial charge on any atom is -0.441 e. The predicted molar refractivity (Wildman–Crippen MR) is 55.4 cm³/mol. The van der Waals surface area contributed by atoms with Crippen molar-refractivity contribution in [2.75, 3.05) is 0 Å². The number of alkyl halides is 2. The van der Waals surface area contributed by atoms with Crippen LogP contribution < -0.4 is 0 Å². The molecule has 0 saturated heterocycles. The standard InChI is InChI=1S/C12H11F2NO/c1-7-15-10-6-9(4-5-11(10)16-7)12(13,14)8-2-3-8/h4-6,8H,2-3H2,1H3. The number of hydrogen-bond donors (Lipinski definition) is 0. The van der Waals surface area contributed by atoms with Gasteiger partial charge in [0, 0.05) is 18.4 Å². The molecule has 84 valence electrons. The summed E-state index contributed by atoms with van der Waals surface area (Å²) in [7, 11) is 0. The Bertz CT molecular complexity index is 543. The fourth-order valence-corrected chi connectivity index (χ4v) is 1.93. The highest BCUT2D eigenvalue weighted by atomic mass is 19.3. The molecule has 1 aliphatic rings. The third kappa shape index (κ3) is 1.40. The molecular weight excluding hydrogens is 212 g/mol. The molecular formula is C12H11F2NO. The number of halogens is 2. The molecule has 0 atom stereocenters. The van der Waals surface area contributed by atoms with E-state index in [9.17, 15) is 8.78 Å². The summed E-state index contributed by atoms with van der Waals surface area (Å²) in [6.07, 6.45) is 1.23. The molecule has 0 radical (unpaired) electrons. The second-order valence-electron chi connectivity index (χ2n) is 4.31. The summed E-state index contributed by atoms with van der Waals surface area (Å²) in [5.74, 6) is -2.71. The predicted octanol–water partition coefficient (Wildman–Crippen LogP) is 3.64. The van der Waals surface area contributed by atoms with Gasteiger partial charge in [-0.05, 0) is 31.0 Å². The summed E-state index contributed by atoms with van der Waals surface area (Å²) in [4.78, 5) is 4.07. The van der Waals surface area contributed by atoms with Crippen LogP contribution in [0.15, 0.2) is 22.6 Å². The quantitative estimate of drug-likeness (QED) is 0.776. The molecule has 1 aromatic heterocycles. The van der Waals surface area contributed by atoms with Crippen molar-refractivity contribution in [3.63, 3.8) is 0 Å². The van der Waals surface area contributed by atoms with Crippen molar-refractivity contribution in [3.8, 4) is 0 Å². The van der Waals surface area contributed by atoms with Gasteiger partial charge in [0.2, 0.25) is 0 Å². The Morgan fingerprint density at radius 1 is 1.38 bits per heavy atom. The number of benzene rings is 1. The summed E-state index contributed by atoms with van der Waals surface area (Å²) >= 11 is 0. The van der Waals surface area contributed by atoms with E-state index in [4.69, 9.17) is 4.42 Å². The average Bonchev–Trinajstić information content (AvgIpc) is 3.00. The first-order valence-corrected chi connectivity index (χ1v) is 5.33. The number of nitrogens with zero attached hydrogens (tertiary/aromatic N) is 1. The number of aryl methyl sites for hydroxylation is 1. The molecule has 16 heavy (non-hydrogen) atoms. The van der Waals surface area contributed by atoms with Gasteiger partial charge in [-0.2, -0.15) is 0 Å². The second kappa shape index (κ2) is 3.03. The number of hydrogen-bond acceptors (Lipinski definition) is 2. The van der Waals surface area contributed by atoms with E-state index in [0.717, 1.165) is 0 Å². The molecule has 4 heteroatoms. The van der Waals surface area contributed by atoms with Crippen LogP contribution in [0.1, 0.15) is 24.3 Å². The molecule has 0 unspecified atom stereocenters. The largest absolute Gasteiger partial charge is 0.441 e. The number of fused-ring (bicyclic) bond motifs is 1. The van der Waals surface area contributed by atoms with Gasteiger partial charge in [0.25, 0.3) is 5.92 Å². The van der Waals surface area contributed by atoms with Crippen molar-refractivity contribution >= 4 is 11.1 Å². The zero-order valence-electron chi connectivity index (χ0n) is 8.84. The lowest BCUT2D eigenvalue weighted by molar-refractivity contribution is -0.0284. The Hall–Kier alpha value is -1.45. The van der Waals surface area contributed by atoms with Crippen molar-refractivity contribution in [1.82, 2.24) is 4.98 Å². The van der Waals surface area contributed by atoms with Gasteiger partial charge in [-0.3, -0.25) is 0 Å². The maximum absolute atomic E-state index is 13.8. The third-order valence-corrected chi connectivity index (χ3v) is 2.97. The van der Waals surface area contributed by atoms with Crippen LogP contribution in [-0.4, -0.2) is 4.98 Å². The molecule has 0 aliphatic heterocycles. The van der Waals surface area contributed by atoms with Crippen molar-refractivity contribution in [2.24, 2.45) is 5.92 Å². The molecule has 0 amide bonds. The second-order valence-corrected chi connectivity index (χ2v) is 4.31. The summed E-state index contributed by atoms with van der Waals surface area (Å²) in [5.41, 5.74) is 1.12. The summed E-state index contributed by atoms with van der Waals surface area (Å²) in [6.45, 7) is 1.71. The van der Waals surface area contributed by atoms with Gasteiger partial charge in [-0.15, -0.1) is 0 Å². The van der Waals surface area contributed by atoms with Crippen LogP contribution in [0.2, 0.25) is 0 Å². The van der Waals surface area contributed by atoms with Crippen LogP contribution in [0.25, 0.3) is 11.1 Å². The minimum absolute atomic E-state index is 0.0517. The number of rotatable bonds is 2. The van der Waals surface area contributed by atoms with E-state index in [1.807, 2.05) is 0 Å². The zero-order chi connectivity index (χ0) is 11.3. The Morgan fingerprint density at radius 2 is 2.12 bits per heavy atom. The van der Waals surface area contributed by atoms with Gasteiger partial charge in [0.05, 0.1) is 0 Å². The smallest absolute Gasteiger partial charge is 0.276 e. The van der Waals surface area contributed by atoms with Crippen molar-refractivity contribution in [2.45, 2.75) is 25.7 Å². The normalized spacial score (nSPS) is 16.9. The van der Waals surface area contributed by atoms with Crippen LogP contribution in [-0.2, 0) is 5.92 Å². The molecule has 1 aliphatic carbocycles. The highest BCUT2D eigenvalue weighted by molar-refractivity contribution is 5.73. The Morgan fingerprint density at radius 3 is 2.81 bits per heavy atom. The van der Waals surface area contributed by atoms with Crippen molar-refractivity contribution < 1.29 is 13.2 Å². The Balaban J connectivity index is 2.10. The van der Waals surface area contributed by atoms with Crippen LogP contribution in [0.4, 0.5) is 8.78 Å². The van der Waals surface area contributed by atoms with E-state index in [-0.39, 0.29) is 5.56 Å². The fraction of sp³-hybridized carbons (Fsp3) is 0.417. The topological polar surface area (TPSA) is 26.0 Å². The minimum atomic E-state index is -2.72. The van der Waals surface area contributed by atoms with E-state index in [1.165, 1.54) is 12.1 Å². The van der Waals surface area contributed by atoms with Gasteiger partial charge in [-0.25, -0.2) is 13.8 Å². The van der Waals surface area contributed by atoms with Crippen LogP contribution in [0, 0.1) is 12.8 Å². The van der Waals surface area contributed by atoms with Gasteiger partial charge >= 0.3 is 0 Å². The lowest BCUT2D eigenvalue weighted by Crippen LogP contribution is -2.15. The summed E-state index contributed by atoms with van der Waals surface area (Å²) < 4.78 is 32.9. The first-order valence-electron chi connectivity index (χ1n) is 5.33.